The summed E-state index contributed by atoms with van der Waals surface area (Å²) in [6.07, 6.45) is 3.37. The van der Waals surface area contributed by atoms with Crippen LogP contribution in [0.3, 0.4) is 0 Å². The molecule has 7 aromatic carbocycles. The van der Waals surface area contributed by atoms with E-state index in [0.717, 1.165) is 27.6 Å². The molecule has 9 aromatic rings. The molecular formula is C40H24N2O. The molecule has 3 heteroatoms. The second-order valence-corrected chi connectivity index (χ2v) is 11.0. The smallest absolute Gasteiger partial charge is 0.246 e. The van der Waals surface area contributed by atoms with Crippen LogP contribution in [0.4, 0.5) is 0 Å². The molecule has 0 saturated carbocycles. The molecule has 0 fully saturated rings. The molecule has 0 radical (unpaired) electrons. The van der Waals surface area contributed by atoms with Gasteiger partial charge in [-0.2, -0.15) is 0 Å². The lowest BCUT2D eigenvalue weighted by atomic mass is 9.84. The Morgan fingerprint density at radius 1 is 0.419 bits per heavy atom. The fourth-order valence-corrected chi connectivity index (χ4v) is 6.67. The van der Waals surface area contributed by atoms with E-state index < -0.39 is 0 Å². The van der Waals surface area contributed by atoms with Crippen molar-refractivity contribution >= 4 is 54.5 Å². The molecule has 0 bridgehead atoms. The molecule has 3 nitrogen and oxygen atoms in total. The van der Waals surface area contributed by atoms with Crippen LogP contribution in [0.15, 0.2) is 150 Å². The number of hydrogen-bond donors (Lipinski definition) is 0. The highest BCUT2D eigenvalue weighted by Crippen LogP contribution is 2.45. The van der Waals surface area contributed by atoms with Gasteiger partial charge in [-0.1, -0.05) is 121 Å². The van der Waals surface area contributed by atoms with E-state index in [1.165, 1.54) is 54.6 Å². The normalized spacial score (nSPS) is 11.7. The quantitative estimate of drug-likeness (QED) is 0.206. The molecule has 0 atom stereocenters. The standard InChI is InChI=1S/C40H24N2O/c1-2-10-29-26(8-1)9-7-15-30(29)38-33-13-5-3-11-31(33)37(32-12-4-6-14-34(32)38)27-18-16-25(17-19-27)28-20-21-36-35(24-28)39-40(43-36)42-23-22-41-39/h1-24H. The molecular weight excluding hydrogens is 524 g/mol. The van der Waals surface area contributed by atoms with Crippen LogP contribution in [-0.2, 0) is 0 Å². The van der Waals surface area contributed by atoms with Crippen molar-refractivity contribution < 1.29 is 4.42 Å². The summed E-state index contributed by atoms with van der Waals surface area (Å²) in [7, 11) is 0. The second kappa shape index (κ2) is 9.37. The molecule has 43 heavy (non-hydrogen) atoms. The van der Waals surface area contributed by atoms with E-state index in [1.54, 1.807) is 12.4 Å². The Morgan fingerprint density at radius 3 is 1.74 bits per heavy atom. The maximum absolute atomic E-state index is 5.89. The Balaban J connectivity index is 1.25. The molecule has 9 rings (SSSR count). The van der Waals surface area contributed by atoms with Crippen LogP contribution in [0.25, 0.3) is 87.9 Å². The van der Waals surface area contributed by atoms with Crippen molar-refractivity contribution in [1.82, 2.24) is 9.97 Å². The zero-order chi connectivity index (χ0) is 28.3. The highest BCUT2D eigenvalue weighted by molar-refractivity contribution is 6.23. The van der Waals surface area contributed by atoms with Gasteiger partial charge in [0.15, 0.2) is 0 Å². The predicted octanol–water partition coefficient (Wildman–Crippen LogP) is 10.8. The van der Waals surface area contributed by atoms with Gasteiger partial charge in [-0.25, -0.2) is 9.97 Å². The molecule has 2 aromatic heterocycles. The maximum atomic E-state index is 5.89. The molecule has 0 saturated heterocycles. The monoisotopic (exact) mass is 548 g/mol. The van der Waals surface area contributed by atoms with Crippen LogP contribution in [0.2, 0.25) is 0 Å². The third-order valence-corrected chi connectivity index (χ3v) is 8.60. The highest BCUT2D eigenvalue weighted by Gasteiger charge is 2.18. The molecule has 0 aliphatic rings. The number of aromatic nitrogens is 2. The van der Waals surface area contributed by atoms with E-state index in [-0.39, 0.29) is 0 Å². The summed E-state index contributed by atoms with van der Waals surface area (Å²) in [5, 5.41) is 8.52. The van der Waals surface area contributed by atoms with Crippen LogP contribution in [-0.4, -0.2) is 9.97 Å². The first-order chi connectivity index (χ1) is 21.3. The molecule has 0 unspecified atom stereocenters. The van der Waals surface area contributed by atoms with E-state index in [4.69, 9.17) is 4.42 Å². The number of fused-ring (bicyclic) bond motifs is 6. The van der Waals surface area contributed by atoms with Gasteiger partial charge in [0.05, 0.1) is 0 Å². The number of nitrogens with zero attached hydrogens (tertiary/aromatic N) is 2. The summed E-state index contributed by atoms with van der Waals surface area (Å²) in [6, 6.07) is 48.1. The summed E-state index contributed by atoms with van der Waals surface area (Å²) in [6.45, 7) is 0. The van der Waals surface area contributed by atoms with Gasteiger partial charge in [-0.3, -0.25) is 0 Å². The van der Waals surface area contributed by atoms with Gasteiger partial charge in [0.25, 0.3) is 0 Å². The second-order valence-electron chi connectivity index (χ2n) is 11.0. The first kappa shape index (κ1) is 23.9. The van der Waals surface area contributed by atoms with Crippen molar-refractivity contribution in [3.8, 4) is 33.4 Å². The molecule has 0 aliphatic heterocycles. The highest BCUT2D eigenvalue weighted by atomic mass is 16.3. The van der Waals surface area contributed by atoms with Crippen molar-refractivity contribution in [3.05, 3.63) is 146 Å². The number of rotatable bonds is 3. The summed E-state index contributed by atoms with van der Waals surface area (Å²) in [5.74, 6) is 0. The molecule has 0 amide bonds. The van der Waals surface area contributed by atoms with Crippen LogP contribution < -0.4 is 0 Å². The van der Waals surface area contributed by atoms with Crippen molar-refractivity contribution in [2.45, 2.75) is 0 Å². The Morgan fingerprint density at radius 2 is 1.00 bits per heavy atom. The van der Waals surface area contributed by atoms with Gasteiger partial charge in [0.1, 0.15) is 11.1 Å². The van der Waals surface area contributed by atoms with E-state index in [2.05, 4.69) is 137 Å². The molecule has 0 aliphatic carbocycles. The van der Waals surface area contributed by atoms with Crippen LogP contribution >= 0.6 is 0 Å². The largest absolute Gasteiger partial charge is 0.436 e. The topological polar surface area (TPSA) is 38.9 Å². The van der Waals surface area contributed by atoms with Crippen molar-refractivity contribution in [2.75, 3.05) is 0 Å². The predicted molar refractivity (Wildman–Crippen MR) is 178 cm³/mol. The van der Waals surface area contributed by atoms with E-state index in [1.807, 2.05) is 6.07 Å². The minimum atomic E-state index is 0.565. The van der Waals surface area contributed by atoms with E-state index in [0.29, 0.717) is 5.71 Å². The van der Waals surface area contributed by atoms with Gasteiger partial charge < -0.3 is 4.42 Å². The fraction of sp³-hybridized carbons (Fsp3) is 0. The molecule has 200 valence electrons. The average molecular weight is 549 g/mol. The first-order valence-electron chi connectivity index (χ1n) is 14.5. The van der Waals surface area contributed by atoms with Gasteiger partial charge in [0, 0.05) is 17.8 Å². The summed E-state index contributed by atoms with van der Waals surface area (Å²) in [5.41, 5.74) is 9.42. The molecule has 2 heterocycles. The Bertz CT molecular complexity index is 2440. The molecule has 0 N–H and O–H groups in total. The van der Waals surface area contributed by atoms with Gasteiger partial charge in [-0.15, -0.1) is 0 Å². The first-order valence-corrected chi connectivity index (χ1v) is 14.5. The third kappa shape index (κ3) is 3.68. The van der Waals surface area contributed by atoms with E-state index in [9.17, 15) is 0 Å². The van der Waals surface area contributed by atoms with E-state index >= 15 is 0 Å². The van der Waals surface area contributed by atoms with Gasteiger partial charge in [0.2, 0.25) is 5.71 Å². The summed E-state index contributed by atoms with van der Waals surface area (Å²) in [4.78, 5) is 8.83. The van der Waals surface area contributed by atoms with Gasteiger partial charge >= 0.3 is 0 Å². The minimum absolute atomic E-state index is 0.565. The number of benzene rings is 7. The van der Waals surface area contributed by atoms with Crippen molar-refractivity contribution in [2.24, 2.45) is 0 Å². The number of furan rings is 1. The maximum Gasteiger partial charge on any atom is 0.246 e. The fourth-order valence-electron chi connectivity index (χ4n) is 6.67. The van der Waals surface area contributed by atoms with Crippen molar-refractivity contribution in [3.63, 3.8) is 0 Å². The zero-order valence-corrected chi connectivity index (χ0v) is 23.2. The van der Waals surface area contributed by atoms with Crippen molar-refractivity contribution in [1.29, 1.82) is 0 Å². The lowest BCUT2D eigenvalue weighted by molar-refractivity contribution is 0.653. The van der Waals surface area contributed by atoms with Crippen LogP contribution in [0.1, 0.15) is 0 Å². The Kier molecular flexibility index (Phi) is 5.20. The summed E-state index contributed by atoms with van der Waals surface area (Å²) < 4.78 is 5.89. The van der Waals surface area contributed by atoms with Gasteiger partial charge in [-0.05, 0) is 77.8 Å². The third-order valence-electron chi connectivity index (χ3n) is 8.60. The minimum Gasteiger partial charge on any atom is -0.436 e. The van der Waals surface area contributed by atoms with Crippen LogP contribution in [0.5, 0.6) is 0 Å². The Hall–Kier alpha value is -5.80. The summed E-state index contributed by atoms with van der Waals surface area (Å²) >= 11 is 0. The lowest BCUT2D eigenvalue weighted by Crippen LogP contribution is -1.91. The Labute approximate surface area is 247 Å². The van der Waals surface area contributed by atoms with Crippen LogP contribution in [0, 0.1) is 0 Å². The SMILES string of the molecule is c1ccc2c(-c3c4ccccc4c(-c4ccc(-c5ccc6oc7nccnc7c6c5)cc4)c4ccccc34)cccc2c1. The molecule has 0 spiro atoms. The average Bonchev–Trinajstić information content (AvgIpc) is 3.45. The zero-order valence-electron chi connectivity index (χ0n) is 23.2. The number of hydrogen-bond acceptors (Lipinski definition) is 3. The lowest BCUT2D eigenvalue weighted by Gasteiger charge is -2.19.